The minimum absolute atomic E-state index is 0.121. The highest BCUT2D eigenvalue weighted by molar-refractivity contribution is 9.10. The molecule has 0 amide bonds. The number of aromatic nitrogens is 1. The summed E-state index contributed by atoms with van der Waals surface area (Å²) in [6.07, 6.45) is 2.30. The third-order valence-electron chi connectivity index (χ3n) is 2.16. The Labute approximate surface area is 87.1 Å². The molecule has 13 heavy (non-hydrogen) atoms. The van der Waals surface area contributed by atoms with E-state index < -0.39 is 0 Å². The van der Waals surface area contributed by atoms with E-state index in [1.165, 1.54) is 0 Å². The maximum atomic E-state index is 9.53. The van der Waals surface area contributed by atoms with Gasteiger partial charge in [-0.25, -0.2) is 0 Å². The summed E-state index contributed by atoms with van der Waals surface area (Å²) in [4.78, 5) is 4.26. The molecule has 72 valence electrons. The van der Waals surface area contributed by atoms with E-state index in [9.17, 15) is 5.11 Å². The molecule has 0 saturated carbocycles. The fraction of sp³-hybridized carbons (Fsp3) is 0.500. The summed E-state index contributed by atoms with van der Waals surface area (Å²) >= 11 is 3.43. The summed E-state index contributed by atoms with van der Waals surface area (Å²) in [6.45, 7) is 3.85. The summed E-state index contributed by atoms with van der Waals surface area (Å²) in [5.74, 6) is 0.121. The summed E-state index contributed by atoms with van der Waals surface area (Å²) in [5, 5.41) is 9.53. The zero-order valence-corrected chi connectivity index (χ0v) is 9.45. The van der Waals surface area contributed by atoms with Crippen LogP contribution in [-0.4, -0.2) is 16.2 Å². The molecule has 0 spiro atoms. The van der Waals surface area contributed by atoms with Crippen molar-refractivity contribution < 1.29 is 5.11 Å². The molecule has 1 aromatic rings. The molecular weight excluding hydrogens is 230 g/mol. The fourth-order valence-corrected chi connectivity index (χ4v) is 1.98. The van der Waals surface area contributed by atoms with Crippen LogP contribution in [0.1, 0.15) is 31.9 Å². The van der Waals surface area contributed by atoms with Gasteiger partial charge in [-0.15, -0.1) is 0 Å². The van der Waals surface area contributed by atoms with Crippen LogP contribution in [0.2, 0.25) is 0 Å². The number of halogens is 1. The van der Waals surface area contributed by atoms with E-state index in [0.29, 0.717) is 0 Å². The van der Waals surface area contributed by atoms with E-state index in [-0.39, 0.29) is 12.0 Å². The Morgan fingerprint density at radius 1 is 1.62 bits per heavy atom. The Morgan fingerprint density at radius 3 is 2.77 bits per heavy atom. The molecule has 2 atom stereocenters. The SMILES string of the molecule is CCC(c1ncccc1Br)C(C)O. The quantitative estimate of drug-likeness (QED) is 0.886. The summed E-state index contributed by atoms with van der Waals surface area (Å²) in [5.41, 5.74) is 0.944. The van der Waals surface area contributed by atoms with Crippen LogP contribution in [0, 0.1) is 0 Å². The first-order valence-corrected chi connectivity index (χ1v) is 5.24. The topological polar surface area (TPSA) is 33.1 Å². The second kappa shape index (κ2) is 4.72. The lowest BCUT2D eigenvalue weighted by Gasteiger charge is -2.18. The second-order valence-electron chi connectivity index (χ2n) is 3.13. The third-order valence-corrected chi connectivity index (χ3v) is 2.83. The molecule has 1 N–H and O–H groups in total. The predicted octanol–water partition coefficient (Wildman–Crippen LogP) is 2.72. The zero-order chi connectivity index (χ0) is 9.84. The fourth-order valence-electron chi connectivity index (χ4n) is 1.43. The van der Waals surface area contributed by atoms with Crippen LogP contribution in [0.25, 0.3) is 0 Å². The van der Waals surface area contributed by atoms with Gasteiger partial charge in [0.15, 0.2) is 0 Å². The van der Waals surface area contributed by atoms with E-state index >= 15 is 0 Å². The largest absolute Gasteiger partial charge is 0.393 e. The van der Waals surface area contributed by atoms with Gasteiger partial charge in [-0.05, 0) is 41.4 Å². The molecule has 0 radical (unpaired) electrons. The zero-order valence-electron chi connectivity index (χ0n) is 7.87. The normalized spacial score (nSPS) is 15.4. The number of hydrogen-bond donors (Lipinski definition) is 1. The van der Waals surface area contributed by atoms with Crippen molar-refractivity contribution in [2.45, 2.75) is 32.3 Å². The van der Waals surface area contributed by atoms with Crippen LogP contribution in [-0.2, 0) is 0 Å². The molecule has 1 rings (SSSR count). The molecule has 1 aromatic heterocycles. The highest BCUT2D eigenvalue weighted by atomic mass is 79.9. The van der Waals surface area contributed by atoms with Crippen molar-refractivity contribution in [1.29, 1.82) is 0 Å². The summed E-state index contributed by atoms with van der Waals surface area (Å²) in [6, 6.07) is 3.83. The molecule has 2 nitrogen and oxygen atoms in total. The average molecular weight is 244 g/mol. The molecular formula is C10H14BrNO. The highest BCUT2D eigenvalue weighted by Gasteiger charge is 2.18. The second-order valence-corrected chi connectivity index (χ2v) is 3.98. The molecule has 0 aromatic carbocycles. The van der Waals surface area contributed by atoms with Gasteiger partial charge in [-0.2, -0.15) is 0 Å². The lowest BCUT2D eigenvalue weighted by atomic mass is 9.96. The maximum absolute atomic E-state index is 9.53. The molecule has 0 aliphatic carbocycles. The minimum atomic E-state index is -0.351. The minimum Gasteiger partial charge on any atom is -0.393 e. The van der Waals surface area contributed by atoms with Gasteiger partial charge >= 0.3 is 0 Å². The first-order valence-electron chi connectivity index (χ1n) is 4.45. The smallest absolute Gasteiger partial charge is 0.0601 e. The number of aliphatic hydroxyl groups excluding tert-OH is 1. The van der Waals surface area contributed by atoms with Gasteiger partial charge in [0.25, 0.3) is 0 Å². The monoisotopic (exact) mass is 243 g/mol. The van der Waals surface area contributed by atoms with E-state index in [0.717, 1.165) is 16.6 Å². The van der Waals surface area contributed by atoms with Gasteiger partial charge in [0, 0.05) is 16.6 Å². The van der Waals surface area contributed by atoms with Crippen molar-refractivity contribution in [3.63, 3.8) is 0 Å². The van der Waals surface area contributed by atoms with E-state index in [4.69, 9.17) is 0 Å². The van der Waals surface area contributed by atoms with Crippen molar-refractivity contribution >= 4 is 15.9 Å². The summed E-state index contributed by atoms with van der Waals surface area (Å²) in [7, 11) is 0. The van der Waals surface area contributed by atoms with E-state index in [1.54, 1.807) is 13.1 Å². The van der Waals surface area contributed by atoms with E-state index in [2.05, 4.69) is 27.8 Å². The number of nitrogens with zero attached hydrogens (tertiary/aromatic N) is 1. The molecule has 0 aliphatic heterocycles. The Kier molecular flexibility index (Phi) is 3.88. The molecule has 0 saturated heterocycles. The Balaban J connectivity index is 2.97. The van der Waals surface area contributed by atoms with Gasteiger partial charge in [0.05, 0.1) is 11.8 Å². The first-order chi connectivity index (χ1) is 6.16. The van der Waals surface area contributed by atoms with Crippen molar-refractivity contribution in [3.05, 3.63) is 28.5 Å². The lowest BCUT2D eigenvalue weighted by Crippen LogP contribution is -2.15. The van der Waals surface area contributed by atoms with Crippen LogP contribution in [0.15, 0.2) is 22.8 Å². The van der Waals surface area contributed by atoms with Gasteiger partial charge in [-0.3, -0.25) is 4.98 Å². The predicted molar refractivity (Wildman–Crippen MR) is 56.6 cm³/mol. The van der Waals surface area contributed by atoms with Crippen LogP contribution < -0.4 is 0 Å². The molecule has 0 bridgehead atoms. The molecule has 2 unspecified atom stereocenters. The molecule has 1 heterocycles. The maximum Gasteiger partial charge on any atom is 0.0601 e. The Bertz CT molecular complexity index is 275. The number of aliphatic hydroxyl groups is 1. The van der Waals surface area contributed by atoms with Gasteiger partial charge in [-0.1, -0.05) is 6.92 Å². The van der Waals surface area contributed by atoms with Gasteiger partial charge < -0.3 is 5.11 Å². The number of hydrogen-bond acceptors (Lipinski definition) is 2. The van der Waals surface area contributed by atoms with Gasteiger partial charge in [0.2, 0.25) is 0 Å². The van der Waals surface area contributed by atoms with Gasteiger partial charge in [0.1, 0.15) is 0 Å². The molecule has 0 aliphatic rings. The number of rotatable bonds is 3. The van der Waals surface area contributed by atoms with Crippen molar-refractivity contribution in [3.8, 4) is 0 Å². The highest BCUT2D eigenvalue weighted by Crippen LogP contribution is 2.27. The number of pyridine rings is 1. The third kappa shape index (κ3) is 2.51. The van der Waals surface area contributed by atoms with E-state index in [1.807, 2.05) is 12.1 Å². The molecule has 3 heteroatoms. The Hall–Kier alpha value is -0.410. The molecule has 0 fully saturated rings. The van der Waals surface area contributed by atoms with Crippen LogP contribution in [0.3, 0.4) is 0 Å². The van der Waals surface area contributed by atoms with Crippen LogP contribution >= 0.6 is 15.9 Å². The van der Waals surface area contributed by atoms with Crippen LogP contribution in [0.5, 0.6) is 0 Å². The average Bonchev–Trinajstić information content (AvgIpc) is 2.09. The lowest BCUT2D eigenvalue weighted by molar-refractivity contribution is 0.157. The van der Waals surface area contributed by atoms with Crippen molar-refractivity contribution in [2.75, 3.05) is 0 Å². The summed E-state index contributed by atoms with van der Waals surface area (Å²) < 4.78 is 0.975. The Morgan fingerprint density at radius 2 is 2.31 bits per heavy atom. The standard InChI is InChI=1S/C10H14BrNO/c1-3-8(7(2)13)10-9(11)5-4-6-12-10/h4-8,13H,3H2,1-2H3. The van der Waals surface area contributed by atoms with Crippen molar-refractivity contribution in [2.24, 2.45) is 0 Å². The van der Waals surface area contributed by atoms with Crippen molar-refractivity contribution in [1.82, 2.24) is 4.98 Å². The van der Waals surface area contributed by atoms with Crippen LogP contribution in [0.4, 0.5) is 0 Å². The first kappa shape index (κ1) is 10.7.